The lowest BCUT2D eigenvalue weighted by Gasteiger charge is -2.13. The number of benzene rings is 1. The number of nitrogens with one attached hydrogen (secondary N) is 1. The van der Waals surface area contributed by atoms with Crippen LogP contribution in [0.2, 0.25) is 0 Å². The normalized spacial score (nSPS) is 15.0. The Morgan fingerprint density at radius 1 is 1.27 bits per heavy atom. The lowest BCUT2D eigenvalue weighted by molar-refractivity contribution is -0.120. The van der Waals surface area contributed by atoms with Gasteiger partial charge in [0.2, 0.25) is 11.7 Å². The van der Waals surface area contributed by atoms with E-state index in [1.165, 1.54) is 11.8 Å². The van der Waals surface area contributed by atoms with Crippen LogP contribution in [0, 0.1) is 0 Å². The minimum Gasteiger partial charge on any atom is -0.461 e. The van der Waals surface area contributed by atoms with Crippen LogP contribution < -0.4 is 5.32 Å². The Morgan fingerprint density at radius 3 is 2.77 bits per heavy atom. The maximum Gasteiger partial charge on any atom is 0.233 e. The summed E-state index contributed by atoms with van der Waals surface area (Å²) in [5, 5.41) is 12.1. The number of carbonyl (C=O) groups is 1. The molecule has 0 radical (unpaired) electrons. The van der Waals surface area contributed by atoms with Crippen LogP contribution in [0.4, 0.5) is 0 Å². The SMILES string of the molecule is C[C@@H](Sc1nnc(-c2ccco2)n1Cc1ccccc1)C(=O)NC1CC1. The van der Waals surface area contributed by atoms with Crippen molar-refractivity contribution in [1.29, 1.82) is 0 Å². The first-order valence-electron chi connectivity index (χ1n) is 8.69. The molecule has 0 aliphatic heterocycles. The maximum atomic E-state index is 12.3. The third-order valence-electron chi connectivity index (χ3n) is 4.22. The lowest BCUT2D eigenvalue weighted by atomic mass is 10.2. The number of hydrogen-bond acceptors (Lipinski definition) is 5. The largest absolute Gasteiger partial charge is 0.461 e. The molecule has 2 aromatic heterocycles. The summed E-state index contributed by atoms with van der Waals surface area (Å²) in [6, 6.07) is 14.2. The predicted molar refractivity (Wildman–Crippen MR) is 99.8 cm³/mol. The highest BCUT2D eigenvalue weighted by atomic mass is 32.2. The summed E-state index contributed by atoms with van der Waals surface area (Å²) >= 11 is 1.42. The van der Waals surface area contributed by atoms with Crippen molar-refractivity contribution in [2.75, 3.05) is 0 Å². The summed E-state index contributed by atoms with van der Waals surface area (Å²) in [4.78, 5) is 12.3. The smallest absolute Gasteiger partial charge is 0.233 e. The quantitative estimate of drug-likeness (QED) is 0.648. The van der Waals surface area contributed by atoms with Gasteiger partial charge in [0, 0.05) is 6.04 Å². The van der Waals surface area contributed by atoms with E-state index in [1.807, 2.05) is 41.8 Å². The molecule has 0 unspecified atom stereocenters. The van der Waals surface area contributed by atoms with E-state index in [-0.39, 0.29) is 11.2 Å². The molecule has 1 aliphatic rings. The Morgan fingerprint density at radius 2 is 2.08 bits per heavy atom. The molecule has 0 spiro atoms. The van der Waals surface area contributed by atoms with Gasteiger partial charge in [-0.3, -0.25) is 9.36 Å². The number of aromatic nitrogens is 3. The fourth-order valence-corrected chi connectivity index (χ4v) is 3.49. The standard InChI is InChI=1S/C19H20N4O2S/c1-13(18(24)20-15-9-10-15)26-19-22-21-17(16-8-5-11-25-16)23(19)12-14-6-3-2-4-7-14/h2-8,11,13,15H,9-10,12H2,1H3,(H,20,24)/t13-/m1/s1. The minimum absolute atomic E-state index is 0.0475. The van der Waals surface area contributed by atoms with Crippen LogP contribution in [0.3, 0.4) is 0 Å². The molecular weight excluding hydrogens is 348 g/mol. The molecule has 2 heterocycles. The molecule has 1 aromatic carbocycles. The number of furan rings is 1. The molecule has 1 aliphatic carbocycles. The Labute approximate surface area is 156 Å². The second-order valence-corrected chi connectivity index (χ2v) is 7.71. The van der Waals surface area contributed by atoms with E-state index in [1.54, 1.807) is 6.26 Å². The van der Waals surface area contributed by atoms with Crippen molar-refractivity contribution in [2.24, 2.45) is 0 Å². The summed E-state index contributed by atoms with van der Waals surface area (Å²) < 4.78 is 7.51. The number of carbonyl (C=O) groups excluding carboxylic acids is 1. The fraction of sp³-hybridized carbons (Fsp3) is 0.316. The van der Waals surface area contributed by atoms with Crippen LogP contribution >= 0.6 is 11.8 Å². The molecule has 26 heavy (non-hydrogen) atoms. The van der Waals surface area contributed by atoms with Gasteiger partial charge in [-0.05, 0) is 37.5 Å². The Bertz CT molecular complexity index is 872. The molecule has 1 N–H and O–H groups in total. The summed E-state index contributed by atoms with van der Waals surface area (Å²) in [5.74, 6) is 1.37. The number of amides is 1. The zero-order valence-electron chi connectivity index (χ0n) is 14.5. The average Bonchev–Trinajstić information content (AvgIpc) is 3.15. The van der Waals surface area contributed by atoms with Gasteiger partial charge in [-0.25, -0.2) is 0 Å². The number of nitrogens with zero attached hydrogens (tertiary/aromatic N) is 3. The van der Waals surface area contributed by atoms with E-state index in [0.717, 1.165) is 18.4 Å². The van der Waals surface area contributed by atoms with Crippen molar-refractivity contribution in [3.63, 3.8) is 0 Å². The molecule has 1 atom stereocenters. The van der Waals surface area contributed by atoms with Crippen LogP contribution in [0.5, 0.6) is 0 Å². The molecule has 1 fully saturated rings. The first-order valence-corrected chi connectivity index (χ1v) is 9.56. The Balaban J connectivity index is 1.60. The number of rotatable bonds is 7. The third kappa shape index (κ3) is 3.83. The topological polar surface area (TPSA) is 73.0 Å². The highest BCUT2D eigenvalue weighted by molar-refractivity contribution is 8.00. The summed E-state index contributed by atoms with van der Waals surface area (Å²) in [5.41, 5.74) is 1.14. The summed E-state index contributed by atoms with van der Waals surface area (Å²) in [6.07, 6.45) is 3.78. The Kier molecular flexibility index (Phi) is 4.79. The summed E-state index contributed by atoms with van der Waals surface area (Å²) in [7, 11) is 0. The zero-order valence-corrected chi connectivity index (χ0v) is 15.3. The molecule has 0 bridgehead atoms. The molecule has 1 saturated carbocycles. The first kappa shape index (κ1) is 16.9. The van der Waals surface area contributed by atoms with Gasteiger partial charge in [0.15, 0.2) is 10.9 Å². The first-order chi connectivity index (χ1) is 12.7. The van der Waals surface area contributed by atoms with E-state index in [2.05, 4.69) is 27.6 Å². The van der Waals surface area contributed by atoms with Crippen LogP contribution in [0.25, 0.3) is 11.6 Å². The van der Waals surface area contributed by atoms with E-state index in [0.29, 0.717) is 29.3 Å². The minimum atomic E-state index is -0.237. The van der Waals surface area contributed by atoms with Crippen molar-refractivity contribution in [2.45, 2.75) is 42.8 Å². The average molecular weight is 368 g/mol. The van der Waals surface area contributed by atoms with Gasteiger partial charge in [0.05, 0.1) is 18.1 Å². The van der Waals surface area contributed by atoms with Crippen molar-refractivity contribution in [3.05, 3.63) is 54.3 Å². The summed E-state index contributed by atoms with van der Waals surface area (Å²) in [6.45, 7) is 2.51. The van der Waals surface area contributed by atoms with Gasteiger partial charge in [-0.2, -0.15) is 0 Å². The van der Waals surface area contributed by atoms with E-state index in [9.17, 15) is 4.79 Å². The van der Waals surface area contributed by atoms with Gasteiger partial charge in [-0.1, -0.05) is 42.1 Å². The third-order valence-corrected chi connectivity index (χ3v) is 5.30. The molecule has 0 saturated heterocycles. The van der Waals surface area contributed by atoms with Crippen molar-refractivity contribution in [1.82, 2.24) is 20.1 Å². The van der Waals surface area contributed by atoms with Crippen molar-refractivity contribution < 1.29 is 9.21 Å². The van der Waals surface area contributed by atoms with Crippen molar-refractivity contribution >= 4 is 17.7 Å². The molecule has 6 nitrogen and oxygen atoms in total. The van der Waals surface area contributed by atoms with E-state index >= 15 is 0 Å². The second kappa shape index (κ2) is 7.37. The van der Waals surface area contributed by atoms with Gasteiger partial charge < -0.3 is 9.73 Å². The second-order valence-electron chi connectivity index (χ2n) is 6.40. The molecule has 7 heteroatoms. The lowest BCUT2D eigenvalue weighted by Crippen LogP contribution is -2.32. The number of thioether (sulfide) groups is 1. The van der Waals surface area contributed by atoms with E-state index in [4.69, 9.17) is 4.42 Å². The van der Waals surface area contributed by atoms with E-state index < -0.39 is 0 Å². The maximum absolute atomic E-state index is 12.3. The van der Waals surface area contributed by atoms with Crippen molar-refractivity contribution in [3.8, 4) is 11.6 Å². The molecule has 4 rings (SSSR count). The van der Waals surface area contributed by atoms with Gasteiger partial charge in [0.25, 0.3) is 0 Å². The van der Waals surface area contributed by atoms with Crippen LogP contribution in [-0.4, -0.2) is 32.0 Å². The molecule has 1 amide bonds. The van der Waals surface area contributed by atoms with Crippen LogP contribution in [0.15, 0.2) is 58.3 Å². The highest BCUT2D eigenvalue weighted by Gasteiger charge is 2.27. The van der Waals surface area contributed by atoms with Gasteiger partial charge in [-0.15, -0.1) is 10.2 Å². The fourth-order valence-electron chi connectivity index (χ4n) is 2.63. The Hall–Kier alpha value is -2.54. The predicted octanol–water partition coefficient (Wildman–Crippen LogP) is 3.35. The molecule has 134 valence electrons. The van der Waals surface area contributed by atoms with Crippen LogP contribution in [0.1, 0.15) is 25.3 Å². The van der Waals surface area contributed by atoms with Gasteiger partial charge >= 0.3 is 0 Å². The highest BCUT2D eigenvalue weighted by Crippen LogP contribution is 2.29. The monoisotopic (exact) mass is 368 g/mol. The molecule has 3 aromatic rings. The van der Waals surface area contributed by atoms with Gasteiger partial charge in [0.1, 0.15) is 0 Å². The number of hydrogen-bond donors (Lipinski definition) is 1. The van der Waals surface area contributed by atoms with Crippen LogP contribution in [-0.2, 0) is 11.3 Å². The molecular formula is C19H20N4O2S. The zero-order chi connectivity index (χ0) is 17.9.